The van der Waals surface area contributed by atoms with Crippen molar-refractivity contribution in [1.29, 1.82) is 0 Å². The van der Waals surface area contributed by atoms with E-state index in [0.29, 0.717) is 24.8 Å². The van der Waals surface area contributed by atoms with Gasteiger partial charge in [-0.15, -0.1) is 0 Å². The number of aromatic nitrogens is 1. The Balaban J connectivity index is 1.97. The molecule has 0 aliphatic rings. The molecule has 37 heavy (non-hydrogen) atoms. The zero-order valence-electron chi connectivity index (χ0n) is 22.0. The fraction of sp³-hybridized carbons (Fsp3) is 0.464. The average molecular weight is 547 g/mol. The van der Waals surface area contributed by atoms with E-state index >= 15 is 0 Å². The molecule has 1 atom stereocenters. The van der Waals surface area contributed by atoms with Gasteiger partial charge in [-0.25, -0.2) is 8.42 Å². The van der Waals surface area contributed by atoms with Gasteiger partial charge in [-0.05, 0) is 44.0 Å². The summed E-state index contributed by atoms with van der Waals surface area (Å²) in [4.78, 5) is 4.38. The Morgan fingerprint density at radius 2 is 1.62 bits per heavy atom. The predicted octanol–water partition coefficient (Wildman–Crippen LogP) is 6.08. The number of fused-ring (bicyclic) bond motifs is 1. The second-order valence-corrected chi connectivity index (χ2v) is 12.9. The van der Waals surface area contributed by atoms with Gasteiger partial charge in [0, 0.05) is 35.8 Å². The number of sulfonamides is 1. The number of hydrogen-bond acceptors (Lipinski definition) is 6. The molecule has 0 N–H and O–H groups in total. The van der Waals surface area contributed by atoms with Crippen LogP contribution >= 0.6 is 0 Å². The molecule has 0 fully saturated rings. The highest BCUT2D eigenvalue weighted by Crippen LogP contribution is 2.29. The van der Waals surface area contributed by atoms with Crippen molar-refractivity contribution >= 4 is 30.9 Å². The summed E-state index contributed by atoms with van der Waals surface area (Å²) in [5.74, 6) is 0. The third-order valence-electron chi connectivity index (χ3n) is 6.48. The molecule has 202 valence electrons. The maximum absolute atomic E-state index is 14.1. The van der Waals surface area contributed by atoms with Gasteiger partial charge in [0.05, 0.1) is 16.4 Å². The zero-order valence-corrected chi connectivity index (χ0v) is 23.6. The molecule has 0 saturated heterocycles. The van der Waals surface area contributed by atoms with Gasteiger partial charge in [0.1, 0.15) is 0 Å². The van der Waals surface area contributed by atoms with Crippen molar-refractivity contribution < 1.29 is 21.0 Å². The molecule has 3 aromatic rings. The number of nitrogens with zero attached hydrogens (tertiary/aromatic N) is 2. The van der Waals surface area contributed by atoms with E-state index in [2.05, 4.69) is 11.9 Å². The van der Waals surface area contributed by atoms with Crippen molar-refractivity contribution in [3.05, 3.63) is 66.5 Å². The normalized spacial score (nSPS) is 13.3. The van der Waals surface area contributed by atoms with Gasteiger partial charge in [-0.2, -0.15) is 12.7 Å². The molecular weight excluding hydrogens is 508 g/mol. The highest BCUT2D eigenvalue weighted by atomic mass is 32.2. The fourth-order valence-corrected chi connectivity index (χ4v) is 7.17. The van der Waals surface area contributed by atoms with Gasteiger partial charge in [0.25, 0.3) is 10.1 Å². The molecule has 7 nitrogen and oxygen atoms in total. The Bertz CT molecular complexity index is 1350. The van der Waals surface area contributed by atoms with E-state index in [1.807, 2.05) is 19.9 Å². The van der Waals surface area contributed by atoms with Crippen molar-refractivity contribution in [3.63, 3.8) is 0 Å². The van der Waals surface area contributed by atoms with E-state index in [4.69, 9.17) is 4.18 Å². The summed E-state index contributed by atoms with van der Waals surface area (Å²) >= 11 is 0. The van der Waals surface area contributed by atoms with E-state index < -0.39 is 26.2 Å². The molecule has 0 aliphatic heterocycles. The predicted molar refractivity (Wildman–Crippen MR) is 147 cm³/mol. The van der Waals surface area contributed by atoms with Gasteiger partial charge in [-0.1, -0.05) is 75.8 Å². The van der Waals surface area contributed by atoms with Crippen LogP contribution in [0.2, 0.25) is 0 Å². The maximum atomic E-state index is 14.1. The second kappa shape index (κ2) is 13.5. The highest BCUT2D eigenvalue weighted by Gasteiger charge is 2.33. The number of pyridine rings is 1. The van der Waals surface area contributed by atoms with Crippen LogP contribution in [0.5, 0.6) is 0 Å². The van der Waals surface area contributed by atoms with Crippen LogP contribution in [-0.2, 0) is 24.3 Å². The number of aryl methyl sites for hydroxylation is 1. The van der Waals surface area contributed by atoms with Crippen molar-refractivity contribution in [2.45, 2.75) is 81.5 Å². The molecule has 1 aromatic heterocycles. The summed E-state index contributed by atoms with van der Waals surface area (Å²) in [6.45, 7) is 6.07. The quantitative estimate of drug-likeness (QED) is 0.169. The molecule has 0 bridgehead atoms. The first-order valence-corrected chi connectivity index (χ1v) is 15.9. The molecule has 0 spiro atoms. The smallest absolute Gasteiger partial charge is 0.265 e. The van der Waals surface area contributed by atoms with Crippen LogP contribution in [0.1, 0.15) is 64.4 Å². The average Bonchev–Trinajstić information content (AvgIpc) is 2.89. The maximum Gasteiger partial charge on any atom is 0.297 e. The van der Waals surface area contributed by atoms with Gasteiger partial charge in [-0.3, -0.25) is 9.17 Å². The second-order valence-electron chi connectivity index (χ2n) is 9.38. The summed E-state index contributed by atoms with van der Waals surface area (Å²) in [6.07, 6.45) is 8.94. The highest BCUT2D eigenvalue weighted by molar-refractivity contribution is 7.89. The Kier molecular flexibility index (Phi) is 10.6. The summed E-state index contributed by atoms with van der Waals surface area (Å²) in [6, 6.07) is 12.7. The number of hydrogen-bond donors (Lipinski definition) is 0. The largest absolute Gasteiger partial charge is 0.297 e. The van der Waals surface area contributed by atoms with Gasteiger partial charge < -0.3 is 0 Å². The molecule has 0 radical (unpaired) electrons. The Labute approximate surface area is 222 Å². The van der Waals surface area contributed by atoms with Gasteiger partial charge >= 0.3 is 0 Å². The number of rotatable bonds is 15. The first-order chi connectivity index (χ1) is 17.7. The third kappa shape index (κ3) is 7.60. The fourth-order valence-electron chi connectivity index (χ4n) is 4.33. The lowest BCUT2D eigenvalue weighted by atomic mass is 10.1. The molecule has 0 aliphatic carbocycles. The molecule has 0 amide bonds. The van der Waals surface area contributed by atoms with E-state index in [9.17, 15) is 16.8 Å². The molecule has 2 aromatic carbocycles. The van der Waals surface area contributed by atoms with Gasteiger partial charge in [0.15, 0.2) is 0 Å². The molecule has 3 rings (SSSR count). The summed E-state index contributed by atoms with van der Waals surface area (Å²) in [5.41, 5.74) is 0.939. The van der Waals surface area contributed by atoms with E-state index in [1.54, 1.807) is 42.7 Å². The summed E-state index contributed by atoms with van der Waals surface area (Å²) in [7, 11) is -7.99. The summed E-state index contributed by atoms with van der Waals surface area (Å²) in [5, 5.41) is 1.33. The lowest BCUT2D eigenvalue weighted by Gasteiger charge is -2.31. The van der Waals surface area contributed by atoms with E-state index in [-0.39, 0.29) is 16.4 Å². The lowest BCUT2D eigenvalue weighted by Crippen LogP contribution is -2.44. The topological polar surface area (TPSA) is 93.6 Å². The van der Waals surface area contributed by atoms with E-state index in [0.717, 1.165) is 43.1 Å². The molecule has 0 saturated carbocycles. The SMILES string of the molecule is CCCCCCN(C(CCCC)COS(=O)(=O)c1ccc(C)cc1)S(=O)(=O)c1cccc2cnccc12. The molecule has 9 heteroatoms. The molecule has 1 unspecified atom stereocenters. The Morgan fingerprint density at radius 3 is 2.32 bits per heavy atom. The van der Waals surface area contributed by atoms with Crippen LogP contribution in [0.3, 0.4) is 0 Å². The zero-order chi connectivity index (χ0) is 26.9. The minimum atomic E-state index is -4.03. The Morgan fingerprint density at radius 1 is 0.892 bits per heavy atom. The lowest BCUT2D eigenvalue weighted by molar-refractivity contribution is 0.195. The summed E-state index contributed by atoms with van der Waals surface area (Å²) < 4.78 is 61.1. The minimum Gasteiger partial charge on any atom is -0.265 e. The van der Waals surface area contributed by atoms with Crippen molar-refractivity contribution in [1.82, 2.24) is 9.29 Å². The van der Waals surface area contributed by atoms with Crippen LogP contribution < -0.4 is 0 Å². The first-order valence-electron chi connectivity index (χ1n) is 13.0. The Hall–Kier alpha value is -2.33. The molecule has 1 heterocycles. The standard InChI is InChI=1S/C28H38N2O5S2/c1-4-6-8-9-20-30(36(31,32)28-13-10-11-24-21-29-19-18-27(24)28)25(12-7-5-2)22-35-37(33,34)26-16-14-23(3)15-17-26/h10-11,13-19,21,25H,4-9,12,20,22H2,1-3H3. The van der Waals surface area contributed by atoms with Crippen LogP contribution in [0, 0.1) is 6.92 Å². The van der Waals surface area contributed by atoms with Gasteiger partial charge in [0.2, 0.25) is 10.0 Å². The van der Waals surface area contributed by atoms with Crippen molar-refractivity contribution in [2.75, 3.05) is 13.2 Å². The van der Waals surface area contributed by atoms with Crippen LogP contribution in [-0.4, -0.2) is 45.3 Å². The van der Waals surface area contributed by atoms with Crippen molar-refractivity contribution in [3.8, 4) is 0 Å². The number of unbranched alkanes of at least 4 members (excludes halogenated alkanes) is 4. The van der Waals surface area contributed by atoms with Crippen molar-refractivity contribution in [2.24, 2.45) is 0 Å². The number of benzene rings is 2. The van der Waals surface area contributed by atoms with Crippen LogP contribution in [0.25, 0.3) is 10.8 Å². The monoisotopic (exact) mass is 546 g/mol. The third-order valence-corrected chi connectivity index (χ3v) is 9.79. The van der Waals surface area contributed by atoms with Crippen LogP contribution in [0.4, 0.5) is 0 Å². The minimum absolute atomic E-state index is 0.0613. The first kappa shape index (κ1) is 29.2. The van der Waals surface area contributed by atoms with E-state index in [1.165, 1.54) is 16.4 Å². The molecular formula is C28H38N2O5S2. The van der Waals surface area contributed by atoms with Crippen LogP contribution in [0.15, 0.2) is 70.7 Å².